The lowest BCUT2D eigenvalue weighted by atomic mass is 10.0. The molecule has 0 aliphatic heterocycles. The molecule has 348 valence electrons. The number of phosphoric acid groups is 1. The first kappa shape index (κ1) is 57.0. The molecule has 0 radical (unpaired) electrons. The molecule has 0 aromatic heterocycles. The number of nitrogens with two attached hydrogens (primary N) is 1. The normalized spacial score (nSPS) is 12.8. The summed E-state index contributed by atoms with van der Waals surface area (Å²) in [5, 5.41) is 4.73. The first-order valence-corrected chi connectivity index (χ1v) is 25.3. The van der Waals surface area contributed by atoms with Crippen molar-refractivity contribution in [2.45, 2.75) is 225 Å². The molecule has 0 aliphatic rings. The summed E-state index contributed by atoms with van der Waals surface area (Å²) in [6.45, 7) is 2.63. The van der Waals surface area contributed by atoms with Gasteiger partial charge in [0, 0.05) is 19.4 Å². The highest BCUT2D eigenvalue weighted by atomic mass is 31.2. The molecule has 1 unspecified atom stereocenters. The topological polar surface area (TPSA) is 193 Å². The summed E-state index contributed by atoms with van der Waals surface area (Å²) < 4.78 is 33.5. The van der Waals surface area contributed by atoms with Crippen LogP contribution in [0.25, 0.3) is 0 Å². The van der Waals surface area contributed by atoms with Crippen LogP contribution in [0.5, 0.6) is 0 Å². The summed E-state index contributed by atoms with van der Waals surface area (Å²) in [6.07, 6.45) is 36.0. The highest BCUT2D eigenvalue weighted by molar-refractivity contribution is 7.47. The molecule has 59 heavy (non-hydrogen) atoms. The second-order valence-corrected chi connectivity index (χ2v) is 17.6. The lowest BCUT2D eigenvalue weighted by molar-refractivity contribution is -0.161. The van der Waals surface area contributed by atoms with Crippen LogP contribution in [0.2, 0.25) is 0 Å². The zero-order valence-corrected chi connectivity index (χ0v) is 38.5. The van der Waals surface area contributed by atoms with Gasteiger partial charge in [-0.15, -0.1) is 0 Å². The number of esters is 2. The van der Waals surface area contributed by atoms with Crippen molar-refractivity contribution in [3.8, 4) is 0 Å². The average molecular weight is 862 g/mol. The molecule has 5 N–H and O–H groups in total. The van der Waals surface area contributed by atoms with Gasteiger partial charge in [0.25, 0.3) is 0 Å². The van der Waals surface area contributed by atoms with E-state index in [0.29, 0.717) is 12.8 Å². The second-order valence-electron chi connectivity index (χ2n) is 16.1. The zero-order chi connectivity index (χ0) is 43.5. The summed E-state index contributed by atoms with van der Waals surface area (Å²) in [5.41, 5.74) is 5.18. The van der Waals surface area contributed by atoms with Gasteiger partial charge in [0.1, 0.15) is 6.61 Å². The van der Waals surface area contributed by atoms with Crippen LogP contribution in [0.4, 0.5) is 0 Å². The molecule has 0 spiro atoms. The third-order valence-electron chi connectivity index (χ3n) is 10.4. The highest BCUT2D eigenvalue weighted by Gasteiger charge is 2.26. The van der Waals surface area contributed by atoms with Gasteiger partial charge in [-0.05, 0) is 12.8 Å². The number of ether oxygens (including phenoxy) is 2. The van der Waals surface area contributed by atoms with E-state index >= 15 is 0 Å². The molecule has 0 aromatic rings. The summed E-state index contributed by atoms with van der Waals surface area (Å²) in [7, 11) is -4.60. The Kier molecular flexibility index (Phi) is 41.2. The molecule has 0 rings (SSSR count). The van der Waals surface area contributed by atoms with Gasteiger partial charge in [-0.25, -0.2) is 4.57 Å². The van der Waals surface area contributed by atoms with Gasteiger partial charge in [-0.3, -0.25) is 28.2 Å². The van der Waals surface area contributed by atoms with E-state index in [4.69, 9.17) is 24.3 Å². The van der Waals surface area contributed by atoms with E-state index < -0.39 is 44.3 Å². The van der Waals surface area contributed by atoms with Gasteiger partial charge in [0.2, 0.25) is 11.8 Å². The Balaban J connectivity index is 4.47. The molecule has 13 nitrogen and oxygen atoms in total. The molecule has 0 heterocycles. The predicted molar refractivity (Wildman–Crippen MR) is 237 cm³/mol. The van der Waals surface area contributed by atoms with Crippen molar-refractivity contribution in [2.24, 2.45) is 5.73 Å². The number of hydrogen-bond donors (Lipinski definition) is 4. The van der Waals surface area contributed by atoms with E-state index in [1.807, 2.05) is 0 Å². The van der Waals surface area contributed by atoms with Crippen LogP contribution in [0.1, 0.15) is 219 Å². The van der Waals surface area contributed by atoms with Crippen LogP contribution in [0.3, 0.4) is 0 Å². The fourth-order valence-electron chi connectivity index (χ4n) is 6.78. The molecule has 2 atom stereocenters. The summed E-state index contributed by atoms with van der Waals surface area (Å²) in [4.78, 5) is 58.4. The Labute approximate surface area is 359 Å². The number of amides is 2. The van der Waals surface area contributed by atoms with Gasteiger partial charge in [0.15, 0.2) is 6.10 Å². The molecule has 0 bridgehead atoms. The number of phosphoric ester groups is 1. The molecule has 0 saturated carbocycles. The van der Waals surface area contributed by atoms with Crippen molar-refractivity contribution >= 4 is 31.6 Å². The predicted octanol–water partition coefficient (Wildman–Crippen LogP) is 10.3. The van der Waals surface area contributed by atoms with Gasteiger partial charge in [-0.1, -0.05) is 194 Å². The Morgan fingerprint density at radius 3 is 1.32 bits per heavy atom. The first-order valence-electron chi connectivity index (χ1n) is 23.8. The molecule has 0 aliphatic carbocycles. The Bertz CT molecular complexity index is 1070. The number of hydrogen-bond acceptors (Lipinski definition) is 10. The third-order valence-corrected chi connectivity index (χ3v) is 11.4. The highest BCUT2D eigenvalue weighted by Crippen LogP contribution is 2.43. The van der Waals surface area contributed by atoms with Crippen molar-refractivity contribution in [3.63, 3.8) is 0 Å². The zero-order valence-electron chi connectivity index (χ0n) is 37.6. The van der Waals surface area contributed by atoms with Gasteiger partial charge < -0.3 is 30.7 Å². The minimum absolute atomic E-state index is 0.125. The van der Waals surface area contributed by atoms with Crippen LogP contribution in [-0.2, 0) is 42.3 Å². The smallest absolute Gasteiger partial charge is 0.462 e. The quantitative estimate of drug-likeness (QED) is 0.0259. The van der Waals surface area contributed by atoms with Crippen LogP contribution < -0.4 is 16.4 Å². The SMILES string of the molecule is CCCCCCCCCCCCCCCCCC(=O)OC[C@H](COP(=O)(O)OCCNC(=O)CNC(=O)CN)OC(=O)CCCCCCCCCCCCCCCCC. The monoisotopic (exact) mass is 862 g/mol. The minimum atomic E-state index is -4.60. The average Bonchev–Trinajstić information content (AvgIpc) is 3.22. The largest absolute Gasteiger partial charge is 0.472 e. The molecular formula is C45H88N3O10P. The van der Waals surface area contributed by atoms with Crippen LogP contribution in [0.15, 0.2) is 0 Å². The first-order chi connectivity index (χ1) is 28.6. The fraction of sp³-hybridized carbons (Fsp3) is 0.911. The van der Waals surface area contributed by atoms with E-state index in [1.54, 1.807) is 0 Å². The van der Waals surface area contributed by atoms with Crippen LogP contribution >= 0.6 is 7.82 Å². The van der Waals surface area contributed by atoms with Crippen molar-refractivity contribution in [3.05, 3.63) is 0 Å². The van der Waals surface area contributed by atoms with Crippen LogP contribution in [-0.4, -0.2) is 74.2 Å². The van der Waals surface area contributed by atoms with Crippen molar-refractivity contribution in [2.75, 3.05) is 39.5 Å². The van der Waals surface area contributed by atoms with E-state index in [9.17, 15) is 28.6 Å². The maximum Gasteiger partial charge on any atom is 0.472 e. The maximum absolute atomic E-state index is 12.7. The number of nitrogens with one attached hydrogen (secondary N) is 2. The lowest BCUT2D eigenvalue weighted by Crippen LogP contribution is -2.40. The maximum atomic E-state index is 12.7. The van der Waals surface area contributed by atoms with E-state index in [2.05, 4.69) is 24.5 Å². The Morgan fingerprint density at radius 1 is 0.525 bits per heavy atom. The molecule has 0 fully saturated rings. The van der Waals surface area contributed by atoms with E-state index in [1.165, 1.54) is 141 Å². The van der Waals surface area contributed by atoms with Gasteiger partial charge in [-0.2, -0.15) is 0 Å². The summed E-state index contributed by atoms with van der Waals surface area (Å²) in [6, 6.07) is 0. The number of rotatable bonds is 45. The second kappa shape index (κ2) is 42.6. The van der Waals surface area contributed by atoms with E-state index in [0.717, 1.165) is 38.5 Å². The lowest BCUT2D eigenvalue weighted by Gasteiger charge is -2.20. The third kappa shape index (κ3) is 42.4. The van der Waals surface area contributed by atoms with Crippen molar-refractivity contribution in [1.29, 1.82) is 0 Å². The number of unbranched alkanes of at least 4 members (excludes halogenated alkanes) is 28. The molecule has 0 saturated heterocycles. The van der Waals surface area contributed by atoms with Crippen molar-refractivity contribution in [1.82, 2.24) is 10.6 Å². The van der Waals surface area contributed by atoms with Gasteiger partial charge >= 0.3 is 19.8 Å². The van der Waals surface area contributed by atoms with Crippen molar-refractivity contribution < 1.29 is 47.2 Å². The molecule has 0 aromatic carbocycles. The molecule has 2 amide bonds. The Morgan fingerprint density at radius 2 is 0.915 bits per heavy atom. The standard InChI is InChI=1S/C45H88N3O10P/c1-3-5-7-9-11-13-15-17-19-21-23-25-27-29-31-33-44(51)55-39-41(40-57-59(53,54)56-36-35-47-43(50)38-48-42(49)37-46)58-45(52)34-32-30-28-26-24-22-20-18-16-14-12-10-8-6-4-2/h41H,3-40,46H2,1-2H3,(H,47,50)(H,48,49)(H,53,54)/t41-/m1/s1. The Hall–Kier alpha value is -2.05. The van der Waals surface area contributed by atoms with Crippen LogP contribution in [0, 0.1) is 0 Å². The number of carbonyl (C=O) groups excluding carboxylic acids is 4. The minimum Gasteiger partial charge on any atom is -0.462 e. The summed E-state index contributed by atoms with van der Waals surface area (Å²) >= 11 is 0. The van der Waals surface area contributed by atoms with Gasteiger partial charge in [0.05, 0.1) is 26.3 Å². The fourth-order valence-corrected chi connectivity index (χ4v) is 7.53. The molecule has 14 heteroatoms. The molecular weight excluding hydrogens is 773 g/mol. The summed E-state index contributed by atoms with van der Waals surface area (Å²) in [5.74, 6) is -1.95. The number of carbonyl (C=O) groups is 4. The van der Waals surface area contributed by atoms with E-state index in [-0.39, 0.29) is 45.7 Å².